The van der Waals surface area contributed by atoms with E-state index in [2.05, 4.69) is 10.3 Å². The van der Waals surface area contributed by atoms with E-state index in [0.717, 1.165) is 28.9 Å². The largest absolute Gasteiger partial charge is 0.455 e. The molecule has 0 aliphatic heterocycles. The van der Waals surface area contributed by atoms with E-state index in [9.17, 15) is 9.59 Å². The van der Waals surface area contributed by atoms with Crippen molar-refractivity contribution < 1.29 is 14.0 Å². The minimum absolute atomic E-state index is 0.0515. The molecule has 0 radical (unpaired) electrons. The van der Waals surface area contributed by atoms with Gasteiger partial charge in [0.1, 0.15) is 5.76 Å². The minimum atomic E-state index is -0.335. The summed E-state index contributed by atoms with van der Waals surface area (Å²) in [7, 11) is 0. The zero-order valence-electron chi connectivity index (χ0n) is 17.7. The number of aryl methyl sites for hydroxylation is 1. The van der Waals surface area contributed by atoms with Gasteiger partial charge in [-0.15, -0.1) is 0 Å². The van der Waals surface area contributed by atoms with Crippen molar-refractivity contribution in [1.29, 1.82) is 0 Å². The standard InChI is InChI=1S/C25H22N4O3/c1-16-22-20(30)8-5-9-21(22)32-24(16)25(31)27-14-18-15-29(19-6-3-2-4-7-19)28-23(18)17-10-12-26-13-11-17/h2-4,6-7,10-13,15H,5,8-9,14H2,1H3,(H,27,31). The summed E-state index contributed by atoms with van der Waals surface area (Å²) in [4.78, 5) is 29.3. The second-order valence-corrected chi connectivity index (χ2v) is 7.83. The second kappa shape index (κ2) is 8.26. The first kappa shape index (κ1) is 19.9. The molecule has 0 atom stereocenters. The van der Waals surface area contributed by atoms with Gasteiger partial charge < -0.3 is 9.73 Å². The normalized spacial score (nSPS) is 13.1. The van der Waals surface area contributed by atoms with Gasteiger partial charge in [-0.05, 0) is 37.6 Å². The molecule has 0 bridgehead atoms. The Bertz CT molecular complexity index is 1290. The van der Waals surface area contributed by atoms with E-state index in [1.807, 2.05) is 48.7 Å². The number of nitrogens with one attached hydrogen (secondary N) is 1. The number of Topliss-reactive ketones (excluding diaryl/α,β-unsaturated/α-hetero) is 1. The van der Waals surface area contributed by atoms with Gasteiger partial charge in [0.05, 0.1) is 16.9 Å². The quantitative estimate of drug-likeness (QED) is 0.514. The molecule has 3 aromatic heterocycles. The third-order valence-electron chi connectivity index (χ3n) is 5.72. The lowest BCUT2D eigenvalue weighted by Crippen LogP contribution is -2.23. The highest BCUT2D eigenvalue weighted by Gasteiger charge is 2.28. The van der Waals surface area contributed by atoms with Crippen LogP contribution in [0.15, 0.2) is 65.5 Å². The minimum Gasteiger partial charge on any atom is -0.455 e. The highest BCUT2D eigenvalue weighted by molar-refractivity contribution is 6.03. The van der Waals surface area contributed by atoms with Crippen molar-refractivity contribution >= 4 is 11.7 Å². The zero-order chi connectivity index (χ0) is 22.1. The Morgan fingerprint density at radius 1 is 1.12 bits per heavy atom. The highest BCUT2D eigenvalue weighted by Crippen LogP contribution is 2.29. The molecule has 7 nitrogen and oxygen atoms in total. The van der Waals surface area contributed by atoms with Gasteiger partial charge in [0.15, 0.2) is 11.5 Å². The molecular weight excluding hydrogens is 404 g/mol. The van der Waals surface area contributed by atoms with Crippen LogP contribution in [0, 0.1) is 6.92 Å². The predicted octanol–water partition coefficient (Wildman–Crippen LogP) is 4.28. The lowest BCUT2D eigenvalue weighted by molar-refractivity contribution is 0.0917. The number of carbonyl (C=O) groups is 2. The van der Waals surface area contributed by atoms with E-state index in [-0.39, 0.29) is 24.0 Å². The number of hydrogen-bond acceptors (Lipinski definition) is 5. The summed E-state index contributed by atoms with van der Waals surface area (Å²) < 4.78 is 7.58. The number of carbonyl (C=O) groups excluding carboxylic acids is 2. The number of furan rings is 1. The molecule has 1 N–H and O–H groups in total. The maximum atomic E-state index is 12.9. The van der Waals surface area contributed by atoms with Crippen molar-refractivity contribution in [1.82, 2.24) is 20.1 Å². The van der Waals surface area contributed by atoms with Crippen molar-refractivity contribution in [3.8, 4) is 16.9 Å². The van der Waals surface area contributed by atoms with Gasteiger partial charge in [0.25, 0.3) is 5.91 Å². The Morgan fingerprint density at radius 3 is 2.66 bits per heavy atom. The molecule has 3 heterocycles. The zero-order valence-corrected chi connectivity index (χ0v) is 17.7. The Hall–Kier alpha value is -4.00. The molecule has 32 heavy (non-hydrogen) atoms. The number of ketones is 1. The first-order valence-corrected chi connectivity index (χ1v) is 10.6. The van der Waals surface area contributed by atoms with Crippen LogP contribution in [0.3, 0.4) is 0 Å². The Balaban J connectivity index is 1.43. The smallest absolute Gasteiger partial charge is 0.287 e. The number of rotatable bonds is 5. The molecule has 1 aliphatic rings. The number of hydrogen-bond donors (Lipinski definition) is 1. The van der Waals surface area contributed by atoms with E-state index >= 15 is 0 Å². The summed E-state index contributed by atoms with van der Waals surface area (Å²) in [5.74, 6) is 0.554. The molecule has 0 saturated heterocycles. The number of para-hydroxylation sites is 1. The summed E-state index contributed by atoms with van der Waals surface area (Å²) >= 11 is 0. The van der Waals surface area contributed by atoms with Crippen molar-refractivity contribution in [3.63, 3.8) is 0 Å². The van der Waals surface area contributed by atoms with Crippen LogP contribution in [0.1, 0.15) is 50.6 Å². The Morgan fingerprint density at radius 2 is 1.91 bits per heavy atom. The van der Waals surface area contributed by atoms with Crippen LogP contribution < -0.4 is 5.32 Å². The number of nitrogens with zero attached hydrogens (tertiary/aromatic N) is 3. The van der Waals surface area contributed by atoms with Crippen molar-refractivity contribution in [2.75, 3.05) is 0 Å². The Kier molecular flexibility index (Phi) is 5.15. The van der Waals surface area contributed by atoms with E-state index in [0.29, 0.717) is 29.7 Å². The molecule has 0 spiro atoms. The number of benzene rings is 1. The second-order valence-electron chi connectivity index (χ2n) is 7.83. The van der Waals surface area contributed by atoms with Crippen molar-refractivity contribution in [2.24, 2.45) is 0 Å². The fraction of sp³-hybridized carbons (Fsp3) is 0.200. The van der Waals surface area contributed by atoms with Crippen molar-refractivity contribution in [2.45, 2.75) is 32.7 Å². The SMILES string of the molecule is Cc1c(C(=O)NCc2cn(-c3ccccc3)nc2-c2ccncc2)oc2c1C(=O)CCC2. The topological polar surface area (TPSA) is 90.0 Å². The third kappa shape index (κ3) is 3.62. The number of pyridine rings is 1. The summed E-state index contributed by atoms with van der Waals surface area (Å²) in [6, 6.07) is 13.6. The molecule has 160 valence electrons. The van der Waals surface area contributed by atoms with Gasteiger partial charge in [-0.3, -0.25) is 14.6 Å². The average molecular weight is 426 g/mol. The van der Waals surface area contributed by atoms with Gasteiger partial charge in [0.2, 0.25) is 0 Å². The molecule has 4 aromatic rings. The fourth-order valence-electron chi connectivity index (χ4n) is 4.13. The van der Waals surface area contributed by atoms with Crippen LogP contribution in [0.2, 0.25) is 0 Å². The molecule has 7 heteroatoms. The molecule has 0 saturated carbocycles. The summed E-state index contributed by atoms with van der Waals surface area (Å²) in [5, 5.41) is 7.69. The molecule has 0 fully saturated rings. The molecular formula is C25H22N4O3. The third-order valence-corrected chi connectivity index (χ3v) is 5.72. The maximum absolute atomic E-state index is 12.9. The van der Waals surface area contributed by atoms with Gasteiger partial charge in [-0.2, -0.15) is 5.10 Å². The summed E-state index contributed by atoms with van der Waals surface area (Å²) in [5.41, 5.74) is 4.66. The van der Waals surface area contributed by atoms with Crippen LogP contribution >= 0.6 is 0 Å². The van der Waals surface area contributed by atoms with Crippen molar-refractivity contribution in [3.05, 3.63) is 89.3 Å². The molecule has 1 aromatic carbocycles. The first-order chi connectivity index (χ1) is 15.6. The van der Waals surface area contributed by atoms with E-state index in [1.165, 1.54) is 0 Å². The number of aromatic nitrogens is 3. The molecule has 1 aliphatic carbocycles. The predicted molar refractivity (Wildman–Crippen MR) is 119 cm³/mol. The van der Waals surface area contributed by atoms with E-state index in [1.54, 1.807) is 24.0 Å². The number of amides is 1. The van der Waals surface area contributed by atoms with Gasteiger partial charge in [-0.25, -0.2) is 4.68 Å². The van der Waals surface area contributed by atoms with Gasteiger partial charge >= 0.3 is 0 Å². The Labute approximate surface area is 185 Å². The summed E-state index contributed by atoms with van der Waals surface area (Å²) in [6.07, 6.45) is 7.29. The van der Waals surface area contributed by atoms with Crippen LogP contribution in [0.4, 0.5) is 0 Å². The van der Waals surface area contributed by atoms with E-state index in [4.69, 9.17) is 9.52 Å². The van der Waals surface area contributed by atoms with Crippen LogP contribution in [-0.2, 0) is 13.0 Å². The van der Waals surface area contributed by atoms with Gasteiger partial charge in [-0.1, -0.05) is 18.2 Å². The van der Waals surface area contributed by atoms with Gasteiger partial charge in [0, 0.05) is 54.7 Å². The maximum Gasteiger partial charge on any atom is 0.287 e. The molecule has 1 amide bonds. The van der Waals surface area contributed by atoms with E-state index < -0.39 is 0 Å². The van der Waals surface area contributed by atoms with Crippen LogP contribution in [0.25, 0.3) is 16.9 Å². The van der Waals surface area contributed by atoms with Crippen LogP contribution in [-0.4, -0.2) is 26.5 Å². The first-order valence-electron chi connectivity index (χ1n) is 10.6. The highest BCUT2D eigenvalue weighted by atomic mass is 16.4. The average Bonchev–Trinajstić information content (AvgIpc) is 3.41. The lowest BCUT2D eigenvalue weighted by Gasteiger charge is -2.07. The van der Waals surface area contributed by atoms with Crippen LogP contribution in [0.5, 0.6) is 0 Å². The fourth-order valence-corrected chi connectivity index (χ4v) is 4.13. The molecule has 0 unspecified atom stereocenters. The lowest BCUT2D eigenvalue weighted by atomic mass is 9.94. The molecule has 5 rings (SSSR count). The number of fused-ring (bicyclic) bond motifs is 1. The monoisotopic (exact) mass is 426 g/mol. The summed E-state index contributed by atoms with van der Waals surface area (Å²) in [6.45, 7) is 2.04.